The third-order valence-corrected chi connectivity index (χ3v) is 4.10. The first-order valence-electron chi connectivity index (χ1n) is 6.44. The van der Waals surface area contributed by atoms with Gasteiger partial charge in [0.15, 0.2) is 0 Å². The van der Waals surface area contributed by atoms with Crippen molar-refractivity contribution in [3.05, 3.63) is 28.7 Å². The molecule has 1 amide bonds. The van der Waals surface area contributed by atoms with Crippen molar-refractivity contribution in [3.8, 4) is 0 Å². The SMILES string of the molecule is CC(NCC(=O)Nc1ccc(Br)cc1)C1CCC1. The lowest BCUT2D eigenvalue weighted by Gasteiger charge is -2.31. The molecule has 0 heterocycles. The van der Waals surface area contributed by atoms with Gasteiger partial charge < -0.3 is 10.6 Å². The molecule has 0 radical (unpaired) electrons. The first kappa shape index (κ1) is 13.6. The number of nitrogens with one attached hydrogen (secondary N) is 2. The molecule has 98 valence electrons. The molecule has 1 aromatic rings. The predicted octanol–water partition coefficient (Wildman–Crippen LogP) is 3.17. The molecule has 1 aliphatic rings. The molecule has 0 aromatic heterocycles. The van der Waals surface area contributed by atoms with Gasteiger partial charge >= 0.3 is 0 Å². The standard InChI is InChI=1S/C14H19BrN2O/c1-10(11-3-2-4-11)16-9-14(18)17-13-7-5-12(15)6-8-13/h5-8,10-11,16H,2-4,9H2,1H3,(H,17,18). The van der Waals surface area contributed by atoms with Crippen LogP contribution in [0.1, 0.15) is 26.2 Å². The summed E-state index contributed by atoms with van der Waals surface area (Å²) in [5.41, 5.74) is 0.835. The second kappa shape index (κ2) is 6.34. The van der Waals surface area contributed by atoms with Crippen molar-refractivity contribution in [2.24, 2.45) is 5.92 Å². The summed E-state index contributed by atoms with van der Waals surface area (Å²) in [7, 11) is 0. The van der Waals surface area contributed by atoms with E-state index in [9.17, 15) is 4.79 Å². The average Bonchev–Trinajstić information content (AvgIpc) is 2.27. The fraction of sp³-hybridized carbons (Fsp3) is 0.500. The summed E-state index contributed by atoms with van der Waals surface area (Å²) in [5.74, 6) is 0.772. The van der Waals surface area contributed by atoms with Gasteiger partial charge in [-0.3, -0.25) is 4.79 Å². The van der Waals surface area contributed by atoms with Crippen molar-refractivity contribution in [1.29, 1.82) is 0 Å². The number of anilines is 1. The fourth-order valence-corrected chi connectivity index (χ4v) is 2.36. The molecule has 2 rings (SSSR count). The minimum Gasteiger partial charge on any atom is -0.325 e. The second-order valence-electron chi connectivity index (χ2n) is 4.92. The van der Waals surface area contributed by atoms with Crippen LogP contribution in [0.25, 0.3) is 0 Å². The first-order chi connectivity index (χ1) is 8.65. The summed E-state index contributed by atoms with van der Waals surface area (Å²) in [6.45, 7) is 2.55. The monoisotopic (exact) mass is 310 g/mol. The highest BCUT2D eigenvalue weighted by molar-refractivity contribution is 9.10. The largest absolute Gasteiger partial charge is 0.325 e. The number of halogens is 1. The number of hydrogen-bond donors (Lipinski definition) is 2. The summed E-state index contributed by atoms with van der Waals surface area (Å²) in [5, 5.41) is 6.17. The van der Waals surface area contributed by atoms with Gasteiger partial charge in [0.25, 0.3) is 0 Å². The van der Waals surface area contributed by atoms with Gasteiger partial charge in [-0.1, -0.05) is 22.4 Å². The minimum atomic E-state index is 0.0171. The fourth-order valence-electron chi connectivity index (χ4n) is 2.10. The van der Waals surface area contributed by atoms with Gasteiger partial charge in [0.05, 0.1) is 6.54 Å². The van der Waals surface area contributed by atoms with E-state index in [1.807, 2.05) is 24.3 Å². The van der Waals surface area contributed by atoms with Crippen LogP contribution in [0.5, 0.6) is 0 Å². The molecule has 0 aliphatic heterocycles. The molecule has 1 aliphatic carbocycles. The van der Waals surface area contributed by atoms with Crippen LogP contribution >= 0.6 is 15.9 Å². The highest BCUT2D eigenvalue weighted by Crippen LogP contribution is 2.29. The van der Waals surface area contributed by atoms with Crippen LogP contribution < -0.4 is 10.6 Å². The van der Waals surface area contributed by atoms with E-state index >= 15 is 0 Å². The quantitative estimate of drug-likeness (QED) is 0.877. The van der Waals surface area contributed by atoms with Crippen LogP contribution in [-0.2, 0) is 4.79 Å². The maximum absolute atomic E-state index is 11.7. The van der Waals surface area contributed by atoms with E-state index in [-0.39, 0.29) is 5.91 Å². The summed E-state index contributed by atoms with van der Waals surface area (Å²) in [6.07, 6.45) is 3.92. The van der Waals surface area contributed by atoms with Gasteiger partial charge in [-0.25, -0.2) is 0 Å². The lowest BCUT2D eigenvalue weighted by Crippen LogP contribution is -2.41. The highest BCUT2D eigenvalue weighted by Gasteiger charge is 2.23. The Morgan fingerprint density at radius 2 is 2.06 bits per heavy atom. The third-order valence-electron chi connectivity index (χ3n) is 3.57. The Labute approximate surface area is 116 Å². The predicted molar refractivity (Wildman–Crippen MR) is 77.6 cm³/mol. The molecule has 0 bridgehead atoms. The van der Waals surface area contributed by atoms with Gasteiger partial charge in [-0.15, -0.1) is 0 Å². The molecule has 0 spiro atoms. The summed E-state index contributed by atoms with van der Waals surface area (Å²) in [4.78, 5) is 11.7. The van der Waals surface area contributed by atoms with Crippen LogP contribution in [0.2, 0.25) is 0 Å². The number of rotatable bonds is 5. The number of carbonyl (C=O) groups is 1. The average molecular weight is 311 g/mol. The number of amides is 1. The van der Waals surface area contributed by atoms with Gasteiger partial charge in [0, 0.05) is 16.2 Å². The van der Waals surface area contributed by atoms with Gasteiger partial charge in [-0.2, -0.15) is 0 Å². The number of hydrogen-bond acceptors (Lipinski definition) is 2. The van der Waals surface area contributed by atoms with Crippen LogP contribution in [0.3, 0.4) is 0 Å². The van der Waals surface area contributed by atoms with Crippen LogP contribution in [0.15, 0.2) is 28.7 Å². The van der Waals surface area contributed by atoms with Crippen molar-refractivity contribution in [2.75, 3.05) is 11.9 Å². The van der Waals surface area contributed by atoms with E-state index in [0.29, 0.717) is 12.6 Å². The molecule has 1 aromatic carbocycles. The van der Waals surface area contributed by atoms with E-state index in [1.54, 1.807) is 0 Å². The zero-order valence-corrected chi connectivity index (χ0v) is 12.2. The van der Waals surface area contributed by atoms with Crippen LogP contribution in [0, 0.1) is 5.92 Å². The Balaban J connectivity index is 1.72. The molecule has 1 unspecified atom stereocenters. The van der Waals surface area contributed by atoms with Crippen molar-refractivity contribution >= 4 is 27.5 Å². The van der Waals surface area contributed by atoms with E-state index in [2.05, 4.69) is 33.5 Å². The van der Waals surface area contributed by atoms with E-state index in [0.717, 1.165) is 16.1 Å². The molecule has 3 nitrogen and oxygen atoms in total. The summed E-state index contributed by atoms with van der Waals surface area (Å²) >= 11 is 3.37. The van der Waals surface area contributed by atoms with E-state index < -0.39 is 0 Å². The van der Waals surface area contributed by atoms with Crippen LogP contribution in [-0.4, -0.2) is 18.5 Å². The van der Waals surface area contributed by atoms with E-state index in [1.165, 1.54) is 19.3 Å². The summed E-state index contributed by atoms with van der Waals surface area (Å²) < 4.78 is 1.01. The molecule has 18 heavy (non-hydrogen) atoms. The Hall–Kier alpha value is -0.870. The molecule has 1 atom stereocenters. The topological polar surface area (TPSA) is 41.1 Å². The zero-order valence-electron chi connectivity index (χ0n) is 10.6. The molecular weight excluding hydrogens is 292 g/mol. The maximum atomic E-state index is 11.7. The molecule has 1 fully saturated rings. The van der Waals surface area contributed by atoms with Gasteiger partial charge in [0.2, 0.25) is 5.91 Å². The molecular formula is C14H19BrN2O. The maximum Gasteiger partial charge on any atom is 0.238 e. The Kier molecular flexibility index (Phi) is 4.78. The lowest BCUT2D eigenvalue weighted by molar-refractivity contribution is -0.115. The molecule has 0 saturated heterocycles. The Morgan fingerprint density at radius 1 is 1.39 bits per heavy atom. The van der Waals surface area contributed by atoms with Crippen molar-refractivity contribution in [3.63, 3.8) is 0 Å². The Morgan fingerprint density at radius 3 is 2.61 bits per heavy atom. The molecule has 2 N–H and O–H groups in total. The second-order valence-corrected chi connectivity index (χ2v) is 5.83. The van der Waals surface area contributed by atoms with Crippen molar-refractivity contribution in [1.82, 2.24) is 5.32 Å². The van der Waals surface area contributed by atoms with E-state index in [4.69, 9.17) is 0 Å². The molecule has 1 saturated carbocycles. The van der Waals surface area contributed by atoms with Gasteiger partial charge in [-0.05, 0) is 49.9 Å². The number of carbonyl (C=O) groups excluding carboxylic acids is 1. The lowest BCUT2D eigenvalue weighted by atomic mass is 9.80. The Bertz CT molecular complexity index is 401. The smallest absolute Gasteiger partial charge is 0.238 e. The zero-order chi connectivity index (χ0) is 13.0. The van der Waals surface area contributed by atoms with Crippen molar-refractivity contribution in [2.45, 2.75) is 32.2 Å². The van der Waals surface area contributed by atoms with Crippen LogP contribution in [0.4, 0.5) is 5.69 Å². The minimum absolute atomic E-state index is 0.0171. The highest BCUT2D eigenvalue weighted by atomic mass is 79.9. The summed E-state index contributed by atoms with van der Waals surface area (Å²) in [6, 6.07) is 8.05. The normalized spacial score (nSPS) is 17.0. The van der Waals surface area contributed by atoms with Crippen molar-refractivity contribution < 1.29 is 4.79 Å². The van der Waals surface area contributed by atoms with Gasteiger partial charge in [0.1, 0.15) is 0 Å². The first-order valence-corrected chi connectivity index (χ1v) is 7.23. The molecule has 4 heteroatoms. The number of benzene rings is 1. The third kappa shape index (κ3) is 3.82.